The fourth-order valence-electron chi connectivity index (χ4n) is 1.04. The number of aromatic nitrogens is 3. The summed E-state index contributed by atoms with van der Waals surface area (Å²) in [6.45, 7) is 2.73. The minimum Gasteiger partial charge on any atom is -0.385 e. The Morgan fingerprint density at radius 1 is 1.42 bits per heavy atom. The fourth-order valence-corrected chi connectivity index (χ4v) is 1.04. The van der Waals surface area contributed by atoms with Crippen LogP contribution in [0.1, 0.15) is 18.1 Å². The Labute approximate surface area is 72.6 Å². The highest BCUT2D eigenvalue weighted by Crippen LogP contribution is 2.00. The molecule has 1 rings (SSSR count). The lowest BCUT2D eigenvalue weighted by Crippen LogP contribution is -2.01. The van der Waals surface area contributed by atoms with Gasteiger partial charge in [0.2, 0.25) is 0 Å². The highest BCUT2D eigenvalue weighted by Gasteiger charge is 2.02. The number of methoxy groups -OCH3 is 1. The average Bonchev–Trinajstić information content (AvgIpc) is 2.36. The second-order valence-electron chi connectivity index (χ2n) is 2.82. The predicted octanol–water partition coefficient (Wildman–Crippen LogP) is 0.703. The van der Waals surface area contributed by atoms with Crippen LogP contribution in [-0.4, -0.2) is 28.5 Å². The summed E-state index contributed by atoms with van der Waals surface area (Å²) < 4.78 is 6.96. The van der Waals surface area contributed by atoms with Crippen LogP contribution in [0.25, 0.3) is 0 Å². The third-order valence-corrected chi connectivity index (χ3v) is 1.93. The van der Waals surface area contributed by atoms with Crippen molar-refractivity contribution in [3.63, 3.8) is 0 Å². The van der Waals surface area contributed by atoms with Crippen LogP contribution in [0.4, 0.5) is 0 Å². The van der Waals surface area contributed by atoms with Crippen molar-refractivity contribution in [2.45, 2.75) is 19.8 Å². The van der Waals surface area contributed by atoms with E-state index in [-0.39, 0.29) is 0 Å². The van der Waals surface area contributed by atoms with Crippen LogP contribution in [0.5, 0.6) is 0 Å². The van der Waals surface area contributed by atoms with Crippen LogP contribution >= 0.6 is 0 Å². The van der Waals surface area contributed by atoms with Gasteiger partial charge in [0.1, 0.15) is 11.6 Å². The number of nitrogens with zero attached hydrogens (tertiary/aromatic N) is 3. The molecular formula is C8H15N3O. The molecule has 0 aliphatic rings. The molecular weight excluding hydrogens is 154 g/mol. The molecule has 0 bridgehead atoms. The zero-order chi connectivity index (χ0) is 8.97. The minimum atomic E-state index is 0.784. The van der Waals surface area contributed by atoms with Crippen LogP contribution in [0.2, 0.25) is 0 Å². The van der Waals surface area contributed by atoms with Crippen LogP contribution < -0.4 is 0 Å². The second-order valence-corrected chi connectivity index (χ2v) is 2.82. The zero-order valence-electron chi connectivity index (χ0n) is 7.87. The zero-order valence-corrected chi connectivity index (χ0v) is 7.87. The Hall–Kier alpha value is -0.900. The monoisotopic (exact) mass is 169 g/mol. The highest BCUT2D eigenvalue weighted by molar-refractivity contribution is 4.92. The molecule has 0 aliphatic carbocycles. The van der Waals surface area contributed by atoms with Crippen LogP contribution in [0, 0.1) is 6.92 Å². The van der Waals surface area contributed by atoms with Crippen molar-refractivity contribution in [1.29, 1.82) is 0 Å². The largest absolute Gasteiger partial charge is 0.385 e. The molecule has 0 aromatic carbocycles. The Morgan fingerprint density at radius 3 is 2.67 bits per heavy atom. The molecule has 0 aliphatic heterocycles. The quantitative estimate of drug-likeness (QED) is 0.623. The van der Waals surface area contributed by atoms with Gasteiger partial charge < -0.3 is 9.30 Å². The number of rotatable bonds is 4. The van der Waals surface area contributed by atoms with Gasteiger partial charge in [-0.2, -0.15) is 0 Å². The molecule has 0 N–H and O–H groups in total. The number of hydrogen-bond acceptors (Lipinski definition) is 3. The van der Waals surface area contributed by atoms with Gasteiger partial charge in [0.05, 0.1) is 0 Å². The summed E-state index contributed by atoms with van der Waals surface area (Å²) in [6.07, 6.45) is 1.94. The van der Waals surface area contributed by atoms with Gasteiger partial charge in [0.15, 0.2) is 0 Å². The Kier molecular flexibility index (Phi) is 3.22. The highest BCUT2D eigenvalue weighted by atomic mass is 16.5. The Morgan fingerprint density at radius 2 is 2.17 bits per heavy atom. The van der Waals surface area contributed by atoms with Gasteiger partial charge in [0.25, 0.3) is 0 Å². The first-order chi connectivity index (χ1) is 5.75. The maximum Gasteiger partial charge on any atom is 0.132 e. The molecule has 1 heterocycles. The first-order valence-corrected chi connectivity index (χ1v) is 4.09. The van der Waals surface area contributed by atoms with Crippen molar-refractivity contribution in [3.8, 4) is 0 Å². The van der Waals surface area contributed by atoms with E-state index in [1.54, 1.807) is 7.11 Å². The van der Waals surface area contributed by atoms with Crippen LogP contribution in [-0.2, 0) is 18.2 Å². The van der Waals surface area contributed by atoms with E-state index < -0.39 is 0 Å². The SMILES string of the molecule is COCCCc1nnc(C)n1C. The van der Waals surface area contributed by atoms with Gasteiger partial charge in [-0.05, 0) is 13.3 Å². The molecule has 0 unspecified atom stereocenters. The third-order valence-electron chi connectivity index (χ3n) is 1.93. The lowest BCUT2D eigenvalue weighted by Gasteiger charge is -2.00. The van der Waals surface area contributed by atoms with Gasteiger partial charge in [0, 0.05) is 27.2 Å². The third kappa shape index (κ3) is 2.04. The molecule has 12 heavy (non-hydrogen) atoms. The summed E-state index contributed by atoms with van der Waals surface area (Å²) in [4.78, 5) is 0. The molecule has 0 amide bonds. The van der Waals surface area contributed by atoms with E-state index in [2.05, 4.69) is 10.2 Å². The molecule has 0 saturated heterocycles. The topological polar surface area (TPSA) is 39.9 Å². The summed E-state index contributed by atoms with van der Waals surface area (Å²) in [7, 11) is 3.69. The molecule has 0 saturated carbocycles. The van der Waals surface area contributed by atoms with E-state index in [0.717, 1.165) is 31.1 Å². The van der Waals surface area contributed by atoms with Crippen LogP contribution in [0.15, 0.2) is 0 Å². The first-order valence-electron chi connectivity index (χ1n) is 4.09. The lowest BCUT2D eigenvalue weighted by atomic mass is 10.3. The van der Waals surface area contributed by atoms with E-state index in [1.807, 2.05) is 18.5 Å². The predicted molar refractivity (Wildman–Crippen MR) is 45.9 cm³/mol. The first kappa shape index (κ1) is 9.19. The molecule has 0 fully saturated rings. The molecule has 1 aromatic rings. The van der Waals surface area contributed by atoms with E-state index in [1.165, 1.54) is 0 Å². The van der Waals surface area contributed by atoms with Gasteiger partial charge >= 0.3 is 0 Å². The van der Waals surface area contributed by atoms with Crippen molar-refractivity contribution in [2.24, 2.45) is 7.05 Å². The maximum absolute atomic E-state index is 4.95. The molecule has 0 spiro atoms. The summed E-state index contributed by atoms with van der Waals surface area (Å²) in [5.41, 5.74) is 0. The second kappa shape index (κ2) is 4.21. The standard InChI is InChI=1S/C8H15N3O/c1-7-9-10-8(11(7)2)5-4-6-12-3/h4-6H2,1-3H3. The van der Waals surface area contributed by atoms with Crippen molar-refractivity contribution in [3.05, 3.63) is 11.6 Å². The van der Waals surface area contributed by atoms with Gasteiger partial charge in [-0.1, -0.05) is 0 Å². The van der Waals surface area contributed by atoms with E-state index in [0.29, 0.717) is 0 Å². The van der Waals surface area contributed by atoms with E-state index in [4.69, 9.17) is 4.74 Å². The molecule has 4 heteroatoms. The normalized spacial score (nSPS) is 10.6. The molecule has 0 atom stereocenters. The summed E-state index contributed by atoms with van der Waals surface area (Å²) in [5.74, 6) is 1.99. The minimum absolute atomic E-state index is 0.784. The summed E-state index contributed by atoms with van der Waals surface area (Å²) in [5, 5.41) is 8.01. The molecule has 4 nitrogen and oxygen atoms in total. The lowest BCUT2D eigenvalue weighted by molar-refractivity contribution is 0.194. The maximum atomic E-state index is 4.95. The summed E-state index contributed by atoms with van der Waals surface area (Å²) >= 11 is 0. The molecule has 68 valence electrons. The van der Waals surface area contributed by atoms with Crippen molar-refractivity contribution >= 4 is 0 Å². The smallest absolute Gasteiger partial charge is 0.132 e. The Balaban J connectivity index is 2.46. The van der Waals surface area contributed by atoms with Crippen molar-refractivity contribution in [1.82, 2.24) is 14.8 Å². The van der Waals surface area contributed by atoms with Crippen LogP contribution in [0.3, 0.4) is 0 Å². The van der Waals surface area contributed by atoms with Crippen molar-refractivity contribution < 1.29 is 4.74 Å². The molecule has 0 radical (unpaired) electrons. The fraction of sp³-hybridized carbons (Fsp3) is 0.750. The number of aryl methyl sites for hydroxylation is 2. The van der Waals surface area contributed by atoms with Gasteiger partial charge in [-0.3, -0.25) is 0 Å². The Bertz CT molecular complexity index is 244. The number of hydrogen-bond donors (Lipinski definition) is 0. The number of ether oxygens (including phenoxy) is 1. The van der Waals surface area contributed by atoms with E-state index >= 15 is 0 Å². The van der Waals surface area contributed by atoms with Gasteiger partial charge in [-0.25, -0.2) is 0 Å². The summed E-state index contributed by atoms with van der Waals surface area (Å²) in [6, 6.07) is 0. The average molecular weight is 169 g/mol. The van der Waals surface area contributed by atoms with Gasteiger partial charge in [-0.15, -0.1) is 10.2 Å². The van der Waals surface area contributed by atoms with E-state index in [9.17, 15) is 0 Å². The van der Waals surface area contributed by atoms with Crippen molar-refractivity contribution in [2.75, 3.05) is 13.7 Å². The molecule has 1 aromatic heterocycles.